The molecule has 70 valence electrons. The van der Waals surface area contributed by atoms with Gasteiger partial charge in [0, 0.05) is 21.7 Å². The summed E-state index contributed by atoms with van der Waals surface area (Å²) in [6, 6.07) is 0. The van der Waals surface area contributed by atoms with E-state index < -0.39 is 0 Å². The Morgan fingerprint density at radius 1 is 1.25 bits per heavy atom. The molecule has 1 aliphatic carbocycles. The van der Waals surface area contributed by atoms with E-state index in [1.165, 1.54) is 15.8 Å². The Hall–Kier alpha value is 0.991. The van der Waals surface area contributed by atoms with Gasteiger partial charge in [0.25, 0.3) is 0 Å². The largest absolute Gasteiger partial charge is 0.266 e. The summed E-state index contributed by atoms with van der Waals surface area (Å²) in [5.74, 6) is 0.595. The van der Waals surface area contributed by atoms with Crippen molar-refractivity contribution in [1.82, 2.24) is 0 Å². The number of halogens is 2. The summed E-state index contributed by atoms with van der Waals surface area (Å²) in [5, 5.41) is 1.57. The third kappa shape index (κ3) is 3.80. The SMILES string of the molecule is CC1=[C-]C(C)C(C)=C1[SiH3].Cl.Cl.[Ti]. The van der Waals surface area contributed by atoms with E-state index >= 15 is 0 Å². The first kappa shape index (κ1) is 18.7. The molecule has 0 bridgehead atoms. The average molecular weight is 258 g/mol. The molecule has 0 amide bonds. The molecular weight excluding hydrogens is 243 g/mol. The molecule has 0 N–H and O–H groups in total. The molecule has 12 heavy (non-hydrogen) atoms. The quantitative estimate of drug-likeness (QED) is 0.459. The first-order valence-corrected chi connectivity index (χ1v) is 4.40. The minimum Gasteiger partial charge on any atom is -0.266 e. The molecule has 0 aromatic rings. The van der Waals surface area contributed by atoms with Gasteiger partial charge in [-0.3, -0.25) is 6.08 Å². The Bertz CT molecular complexity index is 199. The zero-order valence-corrected chi connectivity index (χ0v) is 13.1. The fourth-order valence-corrected chi connectivity index (χ4v) is 1.74. The third-order valence-corrected chi connectivity index (χ3v) is 3.78. The van der Waals surface area contributed by atoms with E-state index in [2.05, 4.69) is 26.8 Å². The van der Waals surface area contributed by atoms with E-state index in [4.69, 9.17) is 0 Å². The number of hydrogen-bond donors (Lipinski definition) is 0. The molecule has 0 saturated heterocycles. The van der Waals surface area contributed by atoms with E-state index in [1.807, 2.05) is 0 Å². The smallest absolute Gasteiger partial charge is 0 e. The van der Waals surface area contributed by atoms with Crippen molar-refractivity contribution >= 4 is 35.1 Å². The van der Waals surface area contributed by atoms with Crippen molar-refractivity contribution in [2.75, 3.05) is 0 Å². The number of allylic oxidation sites excluding steroid dienone is 4. The second-order valence-electron chi connectivity index (χ2n) is 2.80. The van der Waals surface area contributed by atoms with Gasteiger partial charge >= 0.3 is 0 Å². The van der Waals surface area contributed by atoms with Crippen LogP contribution in [0, 0.1) is 12.0 Å². The van der Waals surface area contributed by atoms with Gasteiger partial charge in [0.1, 0.15) is 0 Å². The van der Waals surface area contributed by atoms with E-state index in [0.29, 0.717) is 5.92 Å². The van der Waals surface area contributed by atoms with Gasteiger partial charge in [0.2, 0.25) is 0 Å². The van der Waals surface area contributed by atoms with Gasteiger partial charge in [-0.1, -0.05) is 26.7 Å². The van der Waals surface area contributed by atoms with Gasteiger partial charge in [-0.15, -0.1) is 24.8 Å². The van der Waals surface area contributed by atoms with Gasteiger partial charge in [0.05, 0.1) is 0 Å². The standard InChI is InChI=1S/C8H13Si.2ClH.Ti/c1-5-4-6(2)8(9)7(5)3;;;/h5H,1-3,9H3;2*1H;/q-1;;;. The molecule has 0 aromatic heterocycles. The average Bonchev–Trinajstić information content (AvgIpc) is 1.98. The van der Waals surface area contributed by atoms with Crippen LogP contribution in [-0.4, -0.2) is 10.2 Å². The zero-order valence-electron chi connectivity index (χ0n) is 7.89. The minimum atomic E-state index is 0. The van der Waals surface area contributed by atoms with Gasteiger partial charge in [-0.25, -0.2) is 10.8 Å². The van der Waals surface area contributed by atoms with Crippen molar-refractivity contribution in [2.45, 2.75) is 20.8 Å². The molecule has 1 atom stereocenters. The molecule has 0 spiro atoms. The van der Waals surface area contributed by atoms with E-state index in [1.54, 1.807) is 10.8 Å². The maximum absolute atomic E-state index is 3.39. The molecule has 0 heterocycles. The summed E-state index contributed by atoms with van der Waals surface area (Å²) in [5.41, 5.74) is 2.94. The molecule has 0 radical (unpaired) electrons. The van der Waals surface area contributed by atoms with Crippen molar-refractivity contribution in [2.24, 2.45) is 5.92 Å². The van der Waals surface area contributed by atoms with Gasteiger partial charge in [0.15, 0.2) is 0 Å². The summed E-state index contributed by atoms with van der Waals surface area (Å²) in [4.78, 5) is 0. The van der Waals surface area contributed by atoms with Gasteiger partial charge < -0.3 is 0 Å². The van der Waals surface area contributed by atoms with Crippen LogP contribution in [0.2, 0.25) is 0 Å². The van der Waals surface area contributed by atoms with Crippen LogP contribution < -0.4 is 0 Å². The monoisotopic (exact) mass is 257 g/mol. The summed E-state index contributed by atoms with van der Waals surface area (Å²) in [6.45, 7) is 6.59. The first-order valence-electron chi connectivity index (χ1n) is 3.40. The molecule has 0 nitrogen and oxygen atoms in total. The fraction of sp³-hybridized carbons (Fsp3) is 0.500. The van der Waals surface area contributed by atoms with Crippen LogP contribution >= 0.6 is 24.8 Å². The van der Waals surface area contributed by atoms with Crippen molar-refractivity contribution in [1.29, 1.82) is 0 Å². The Balaban J connectivity index is -0.000000270. The summed E-state index contributed by atoms with van der Waals surface area (Å²) >= 11 is 0. The predicted molar refractivity (Wildman–Crippen MR) is 58.7 cm³/mol. The molecule has 0 saturated carbocycles. The second kappa shape index (κ2) is 7.40. The number of rotatable bonds is 0. The zero-order chi connectivity index (χ0) is 7.02. The van der Waals surface area contributed by atoms with Crippen molar-refractivity contribution < 1.29 is 21.7 Å². The Morgan fingerprint density at radius 3 is 1.75 bits per heavy atom. The van der Waals surface area contributed by atoms with Crippen LogP contribution in [0.4, 0.5) is 0 Å². The van der Waals surface area contributed by atoms with Crippen molar-refractivity contribution in [3.05, 3.63) is 22.4 Å². The fourth-order valence-electron chi connectivity index (χ4n) is 1.16. The van der Waals surface area contributed by atoms with Crippen LogP contribution in [0.5, 0.6) is 0 Å². The molecule has 1 aliphatic rings. The van der Waals surface area contributed by atoms with Crippen LogP contribution in [-0.2, 0) is 21.7 Å². The maximum Gasteiger partial charge on any atom is 0 e. The summed E-state index contributed by atoms with van der Waals surface area (Å²) in [7, 11) is 1.19. The molecule has 1 unspecified atom stereocenters. The first-order chi connectivity index (χ1) is 4.13. The second-order valence-corrected chi connectivity index (χ2v) is 3.80. The van der Waals surface area contributed by atoms with E-state index in [-0.39, 0.29) is 46.5 Å². The third-order valence-electron chi connectivity index (χ3n) is 2.24. The summed E-state index contributed by atoms with van der Waals surface area (Å²) in [6.07, 6.45) is 3.39. The normalized spacial score (nSPS) is 20.6. The maximum atomic E-state index is 3.39. The Kier molecular flexibility index (Phi) is 11.5. The summed E-state index contributed by atoms with van der Waals surface area (Å²) < 4.78 is 0. The van der Waals surface area contributed by atoms with Crippen LogP contribution in [0.1, 0.15) is 20.8 Å². The molecular formula is C8H15Cl2SiTi-. The van der Waals surface area contributed by atoms with Crippen molar-refractivity contribution in [3.8, 4) is 0 Å². The van der Waals surface area contributed by atoms with Crippen LogP contribution in [0.3, 0.4) is 0 Å². The van der Waals surface area contributed by atoms with E-state index in [9.17, 15) is 0 Å². The number of hydrogen-bond acceptors (Lipinski definition) is 0. The van der Waals surface area contributed by atoms with E-state index in [0.717, 1.165) is 0 Å². The van der Waals surface area contributed by atoms with Crippen LogP contribution in [0.15, 0.2) is 16.3 Å². The topological polar surface area (TPSA) is 0 Å². The Labute approximate surface area is 105 Å². The van der Waals surface area contributed by atoms with Gasteiger partial charge in [-0.05, 0) is 10.2 Å². The minimum absolute atomic E-state index is 0. The molecule has 0 aromatic carbocycles. The molecule has 4 heteroatoms. The van der Waals surface area contributed by atoms with Crippen LogP contribution in [0.25, 0.3) is 0 Å². The molecule has 1 rings (SSSR count). The predicted octanol–water partition coefficient (Wildman–Crippen LogP) is 1.87. The Morgan fingerprint density at radius 2 is 1.67 bits per heavy atom. The molecule has 0 aliphatic heterocycles. The molecule has 0 fully saturated rings. The van der Waals surface area contributed by atoms with Gasteiger partial charge in [-0.2, -0.15) is 5.57 Å². The van der Waals surface area contributed by atoms with Crippen molar-refractivity contribution in [3.63, 3.8) is 0 Å².